The summed E-state index contributed by atoms with van der Waals surface area (Å²) in [5, 5.41) is 5.90. The predicted molar refractivity (Wildman–Crippen MR) is 91.9 cm³/mol. The molecule has 2 rings (SSSR count). The van der Waals surface area contributed by atoms with Crippen molar-refractivity contribution >= 4 is 17.3 Å². The Hall–Kier alpha value is -2.24. The molecule has 0 fully saturated rings. The van der Waals surface area contributed by atoms with E-state index in [4.69, 9.17) is 0 Å². The number of benzene rings is 1. The van der Waals surface area contributed by atoms with Crippen LogP contribution in [0.25, 0.3) is 0 Å². The third-order valence-electron chi connectivity index (χ3n) is 3.80. The van der Waals surface area contributed by atoms with Gasteiger partial charge in [0.15, 0.2) is 0 Å². The van der Waals surface area contributed by atoms with E-state index < -0.39 is 11.7 Å². The molecule has 6 heteroatoms. The van der Waals surface area contributed by atoms with Crippen LogP contribution in [-0.2, 0) is 19.0 Å². The molecule has 0 aliphatic heterocycles. The molecule has 0 spiro atoms. The van der Waals surface area contributed by atoms with Gasteiger partial charge in [-0.05, 0) is 43.0 Å². The topological polar surface area (TPSA) is 37.0 Å². The lowest BCUT2D eigenvalue weighted by Crippen LogP contribution is -2.13. The van der Waals surface area contributed by atoms with Crippen LogP contribution in [0.4, 0.5) is 30.5 Å². The fourth-order valence-electron chi connectivity index (χ4n) is 2.58. The Bertz CT molecular complexity index is 674. The van der Waals surface area contributed by atoms with E-state index in [0.717, 1.165) is 30.0 Å². The Labute approximate surface area is 140 Å². The summed E-state index contributed by atoms with van der Waals surface area (Å²) in [6.07, 6.45) is -3.01. The van der Waals surface area contributed by atoms with E-state index in [1.165, 1.54) is 6.07 Å². The molecule has 0 unspecified atom stereocenters. The fourth-order valence-corrected chi connectivity index (χ4v) is 2.58. The third-order valence-corrected chi connectivity index (χ3v) is 3.80. The summed E-state index contributed by atoms with van der Waals surface area (Å²) >= 11 is 0. The largest absolute Gasteiger partial charge is 0.419 e. The maximum atomic E-state index is 13.3. The second-order valence-corrected chi connectivity index (χ2v) is 5.40. The number of halogens is 3. The summed E-state index contributed by atoms with van der Waals surface area (Å²) in [6.45, 7) is 6.41. The van der Waals surface area contributed by atoms with Crippen molar-refractivity contribution in [2.24, 2.45) is 0 Å². The molecule has 130 valence electrons. The van der Waals surface area contributed by atoms with Gasteiger partial charge in [0.1, 0.15) is 11.6 Å². The number of nitrogens with zero attached hydrogens (tertiary/aromatic N) is 1. The zero-order chi connectivity index (χ0) is 17.7. The van der Waals surface area contributed by atoms with Gasteiger partial charge in [-0.3, -0.25) is 0 Å². The Morgan fingerprint density at radius 2 is 1.58 bits per heavy atom. The van der Waals surface area contributed by atoms with Crippen LogP contribution in [0.3, 0.4) is 0 Å². The smallest absolute Gasteiger partial charge is 0.370 e. The minimum absolute atomic E-state index is 0.170. The lowest BCUT2D eigenvalue weighted by Gasteiger charge is -2.19. The number of rotatable bonds is 6. The minimum Gasteiger partial charge on any atom is -0.370 e. The average Bonchev–Trinajstić information content (AvgIpc) is 2.54. The van der Waals surface area contributed by atoms with Gasteiger partial charge < -0.3 is 10.6 Å². The number of hydrogen-bond donors (Lipinski definition) is 2. The Kier molecular flexibility index (Phi) is 5.70. The van der Waals surface area contributed by atoms with Crippen LogP contribution in [0.5, 0.6) is 0 Å². The minimum atomic E-state index is -4.46. The number of hydrogen-bond acceptors (Lipinski definition) is 3. The maximum absolute atomic E-state index is 13.3. The molecule has 3 nitrogen and oxygen atoms in total. The Balaban J connectivity index is 2.54. The van der Waals surface area contributed by atoms with Crippen molar-refractivity contribution in [3.8, 4) is 0 Å². The second kappa shape index (κ2) is 7.55. The van der Waals surface area contributed by atoms with E-state index in [9.17, 15) is 13.2 Å². The van der Waals surface area contributed by atoms with Crippen LogP contribution in [0.1, 0.15) is 37.5 Å². The number of para-hydroxylation sites is 1. The SMILES string of the molecule is CCNc1ccc(C(F)(F)F)c(Nc2c(CC)cccc2CC)n1. The van der Waals surface area contributed by atoms with E-state index in [1.54, 1.807) is 0 Å². The van der Waals surface area contributed by atoms with Crippen LogP contribution in [0, 0.1) is 0 Å². The molecule has 0 aliphatic carbocycles. The zero-order valence-electron chi connectivity index (χ0n) is 14.1. The Morgan fingerprint density at radius 1 is 0.958 bits per heavy atom. The normalized spacial score (nSPS) is 11.4. The highest BCUT2D eigenvalue weighted by Crippen LogP contribution is 2.37. The molecule has 24 heavy (non-hydrogen) atoms. The van der Waals surface area contributed by atoms with Gasteiger partial charge in [-0.15, -0.1) is 0 Å². The van der Waals surface area contributed by atoms with Gasteiger partial charge in [-0.25, -0.2) is 4.98 Å². The molecule has 0 saturated carbocycles. The van der Waals surface area contributed by atoms with E-state index in [0.29, 0.717) is 18.1 Å². The summed E-state index contributed by atoms with van der Waals surface area (Å²) in [5.41, 5.74) is 1.89. The van der Waals surface area contributed by atoms with Crippen molar-refractivity contribution in [2.75, 3.05) is 17.2 Å². The molecule has 0 bridgehead atoms. The quantitative estimate of drug-likeness (QED) is 0.741. The molecule has 0 atom stereocenters. The van der Waals surface area contributed by atoms with Crippen molar-refractivity contribution in [1.29, 1.82) is 0 Å². The number of alkyl halides is 3. The molecular formula is C18H22F3N3. The molecule has 1 aromatic carbocycles. The lowest BCUT2D eigenvalue weighted by molar-refractivity contribution is -0.137. The van der Waals surface area contributed by atoms with Crippen molar-refractivity contribution in [1.82, 2.24) is 4.98 Å². The third kappa shape index (κ3) is 3.99. The van der Waals surface area contributed by atoms with Crippen LogP contribution in [0.2, 0.25) is 0 Å². The van der Waals surface area contributed by atoms with E-state index in [1.807, 2.05) is 39.0 Å². The first-order chi connectivity index (χ1) is 11.4. The van der Waals surface area contributed by atoms with Crippen LogP contribution in [-0.4, -0.2) is 11.5 Å². The van der Waals surface area contributed by atoms with Gasteiger partial charge in [0.05, 0.1) is 5.56 Å². The zero-order valence-corrected chi connectivity index (χ0v) is 14.1. The number of nitrogens with one attached hydrogen (secondary N) is 2. The average molecular weight is 337 g/mol. The molecular weight excluding hydrogens is 315 g/mol. The molecule has 2 aromatic rings. The number of pyridine rings is 1. The Morgan fingerprint density at radius 3 is 2.08 bits per heavy atom. The van der Waals surface area contributed by atoms with E-state index in [2.05, 4.69) is 15.6 Å². The summed E-state index contributed by atoms with van der Waals surface area (Å²) in [6, 6.07) is 8.18. The standard InChI is InChI=1S/C18H22F3N3/c1-4-12-8-7-9-13(5-2)16(12)24-17-14(18(19,20)21)10-11-15(23-17)22-6-3/h7-11H,4-6H2,1-3H3,(H2,22,23,24). The molecule has 1 aromatic heterocycles. The monoisotopic (exact) mass is 337 g/mol. The van der Waals surface area contributed by atoms with Crippen molar-refractivity contribution in [3.05, 3.63) is 47.0 Å². The van der Waals surface area contributed by atoms with Gasteiger partial charge in [0.2, 0.25) is 0 Å². The molecule has 0 radical (unpaired) electrons. The van der Waals surface area contributed by atoms with Crippen molar-refractivity contribution in [2.45, 2.75) is 39.8 Å². The van der Waals surface area contributed by atoms with Gasteiger partial charge in [-0.1, -0.05) is 32.0 Å². The van der Waals surface area contributed by atoms with E-state index in [-0.39, 0.29) is 5.82 Å². The lowest BCUT2D eigenvalue weighted by atomic mass is 10.0. The van der Waals surface area contributed by atoms with Gasteiger partial charge in [-0.2, -0.15) is 13.2 Å². The highest BCUT2D eigenvalue weighted by atomic mass is 19.4. The van der Waals surface area contributed by atoms with E-state index >= 15 is 0 Å². The number of aromatic nitrogens is 1. The highest BCUT2D eigenvalue weighted by molar-refractivity contribution is 5.68. The van der Waals surface area contributed by atoms with Crippen LogP contribution >= 0.6 is 0 Å². The highest BCUT2D eigenvalue weighted by Gasteiger charge is 2.34. The molecule has 0 saturated heterocycles. The molecule has 0 aliphatic rings. The molecule has 0 amide bonds. The molecule has 2 N–H and O–H groups in total. The molecule has 1 heterocycles. The van der Waals surface area contributed by atoms with Gasteiger partial charge in [0.25, 0.3) is 0 Å². The van der Waals surface area contributed by atoms with Crippen molar-refractivity contribution in [3.63, 3.8) is 0 Å². The van der Waals surface area contributed by atoms with Gasteiger partial charge in [0, 0.05) is 12.2 Å². The summed E-state index contributed by atoms with van der Waals surface area (Å²) < 4.78 is 40.0. The summed E-state index contributed by atoms with van der Waals surface area (Å²) in [5.74, 6) is 0.247. The first-order valence-electron chi connectivity index (χ1n) is 8.10. The van der Waals surface area contributed by atoms with Crippen molar-refractivity contribution < 1.29 is 13.2 Å². The number of anilines is 3. The summed E-state index contributed by atoms with van der Waals surface area (Å²) in [4.78, 5) is 4.13. The maximum Gasteiger partial charge on any atom is 0.419 e. The predicted octanol–water partition coefficient (Wildman–Crippen LogP) is 5.40. The first kappa shape index (κ1) is 18.1. The van der Waals surface area contributed by atoms with Crippen LogP contribution in [0.15, 0.2) is 30.3 Å². The number of aryl methyl sites for hydroxylation is 2. The second-order valence-electron chi connectivity index (χ2n) is 5.40. The first-order valence-corrected chi connectivity index (χ1v) is 8.10. The van der Waals surface area contributed by atoms with Crippen LogP contribution < -0.4 is 10.6 Å². The fraction of sp³-hybridized carbons (Fsp3) is 0.389. The van der Waals surface area contributed by atoms with Gasteiger partial charge >= 0.3 is 6.18 Å². The summed E-state index contributed by atoms with van der Waals surface area (Å²) in [7, 11) is 0.